The van der Waals surface area contributed by atoms with E-state index in [9.17, 15) is 4.79 Å². The predicted octanol–water partition coefficient (Wildman–Crippen LogP) is 8.05. The zero-order valence-corrected chi connectivity index (χ0v) is 23.9. The summed E-state index contributed by atoms with van der Waals surface area (Å²) in [6.45, 7) is 3.33. The number of carbonyl (C=O) groups excluding carboxylic acids is 1. The minimum absolute atomic E-state index is 0.0211. The minimum Gasteiger partial charge on any atom is -0.489 e. The van der Waals surface area contributed by atoms with Gasteiger partial charge in [0.1, 0.15) is 17.9 Å². The Kier molecular flexibility index (Phi) is 9.58. The number of carbonyl (C=O) groups is 1. The van der Waals surface area contributed by atoms with Crippen molar-refractivity contribution in [3.05, 3.63) is 115 Å². The zero-order valence-electron chi connectivity index (χ0n) is 23.9. The molecule has 1 fully saturated rings. The van der Waals surface area contributed by atoms with E-state index in [1.807, 2.05) is 48.5 Å². The highest BCUT2D eigenvalue weighted by atomic mass is 16.5. The van der Waals surface area contributed by atoms with Crippen molar-refractivity contribution in [3.8, 4) is 16.9 Å². The molecule has 3 N–H and O–H groups in total. The van der Waals surface area contributed by atoms with Gasteiger partial charge in [0.05, 0.1) is 0 Å². The molecule has 0 aliphatic heterocycles. The number of benzene rings is 4. The van der Waals surface area contributed by atoms with E-state index in [0.29, 0.717) is 13.2 Å². The second kappa shape index (κ2) is 13.9. The van der Waals surface area contributed by atoms with Gasteiger partial charge in [-0.1, -0.05) is 99.0 Å². The van der Waals surface area contributed by atoms with Crippen LogP contribution in [0, 0.1) is 0 Å². The maximum absolute atomic E-state index is 13.9. The van der Waals surface area contributed by atoms with Gasteiger partial charge in [0.15, 0.2) is 0 Å². The van der Waals surface area contributed by atoms with Gasteiger partial charge in [0, 0.05) is 24.0 Å². The Labute approximate surface area is 244 Å². The summed E-state index contributed by atoms with van der Waals surface area (Å²) in [5, 5.41) is 10.6. The zero-order chi connectivity index (χ0) is 28.3. The molecule has 5 heteroatoms. The van der Waals surface area contributed by atoms with E-state index in [1.165, 1.54) is 12.0 Å². The Bertz CT molecular complexity index is 1370. The summed E-state index contributed by atoms with van der Waals surface area (Å²) in [6, 6.07) is 37.0. The van der Waals surface area contributed by atoms with Crippen LogP contribution < -0.4 is 20.7 Å². The Hall–Kier alpha value is -4.25. The first kappa shape index (κ1) is 28.3. The third-order valence-electron chi connectivity index (χ3n) is 7.98. The molecule has 1 aliphatic carbocycles. The Morgan fingerprint density at radius 2 is 1.46 bits per heavy atom. The fourth-order valence-electron chi connectivity index (χ4n) is 5.52. The van der Waals surface area contributed by atoms with Crippen molar-refractivity contribution in [2.24, 2.45) is 0 Å². The van der Waals surface area contributed by atoms with Crippen LogP contribution in [0.15, 0.2) is 109 Å². The Morgan fingerprint density at radius 3 is 2.17 bits per heavy atom. The van der Waals surface area contributed by atoms with Crippen molar-refractivity contribution in [2.45, 2.75) is 63.6 Å². The van der Waals surface area contributed by atoms with E-state index < -0.39 is 5.54 Å². The van der Waals surface area contributed by atoms with Gasteiger partial charge in [0.2, 0.25) is 5.91 Å². The summed E-state index contributed by atoms with van der Waals surface area (Å²) in [7, 11) is 0. The fraction of sp³-hybridized carbons (Fsp3) is 0.306. The van der Waals surface area contributed by atoms with Gasteiger partial charge in [-0.05, 0) is 72.4 Å². The van der Waals surface area contributed by atoms with Crippen LogP contribution in [-0.4, -0.2) is 24.0 Å². The molecule has 0 unspecified atom stereocenters. The molecular formula is C36H41N3O2. The standard InChI is InChI=1S/C36H41N3O2/c1-2-31(26-37-32-19-21-34(22-20-32)41-27-28-13-6-3-7-14-28)38-35(40)36(23-10-5-11-24-36)39-33-18-12-17-30(25-33)29-15-8-4-9-16-29/h3-4,6-9,12-22,25,31,37,39H,2,5,10-11,23-24,26-27H2,1H3,(H,38,40)/t31-/m0/s1. The lowest BCUT2D eigenvalue weighted by atomic mass is 9.80. The largest absolute Gasteiger partial charge is 0.489 e. The molecule has 5 nitrogen and oxygen atoms in total. The molecule has 0 heterocycles. The van der Waals surface area contributed by atoms with E-state index >= 15 is 0 Å². The van der Waals surface area contributed by atoms with Crippen LogP contribution in [0.2, 0.25) is 0 Å². The van der Waals surface area contributed by atoms with Gasteiger partial charge in [-0.25, -0.2) is 0 Å². The molecule has 1 atom stereocenters. The van der Waals surface area contributed by atoms with E-state index in [4.69, 9.17) is 4.74 Å². The van der Waals surface area contributed by atoms with Crippen LogP contribution in [0.1, 0.15) is 51.0 Å². The van der Waals surface area contributed by atoms with Gasteiger partial charge < -0.3 is 20.7 Å². The molecular weight excluding hydrogens is 506 g/mol. The van der Waals surface area contributed by atoms with Crippen molar-refractivity contribution < 1.29 is 9.53 Å². The molecule has 0 bridgehead atoms. The highest BCUT2D eigenvalue weighted by Gasteiger charge is 2.40. The van der Waals surface area contributed by atoms with Gasteiger partial charge >= 0.3 is 0 Å². The number of ether oxygens (including phenoxy) is 1. The smallest absolute Gasteiger partial charge is 0.245 e. The molecule has 212 valence electrons. The van der Waals surface area contributed by atoms with Gasteiger partial charge in [-0.2, -0.15) is 0 Å². The summed E-state index contributed by atoms with van der Waals surface area (Å²) in [5.74, 6) is 0.932. The number of rotatable bonds is 12. The normalized spacial score (nSPS) is 15.0. The molecule has 5 rings (SSSR count). The van der Waals surface area contributed by atoms with E-state index in [1.54, 1.807) is 0 Å². The van der Waals surface area contributed by atoms with E-state index in [2.05, 4.69) is 83.5 Å². The lowest BCUT2D eigenvalue weighted by Gasteiger charge is -2.38. The Balaban J connectivity index is 1.19. The minimum atomic E-state index is -0.598. The monoisotopic (exact) mass is 547 g/mol. The van der Waals surface area contributed by atoms with Crippen molar-refractivity contribution in [3.63, 3.8) is 0 Å². The topological polar surface area (TPSA) is 62.4 Å². The van der Waals surface area contributed by atoms with Crippen molar-refractivity contribution >= 4 is 17.3 Å². The third-order valence-corrected chi connectivity index (χ3v) is 7.98. The molecule has 0 radical (unpaired) electrons. The second-order valence-corrected chi connectivity index (χ2v) is 11.0. The van der Waals surface area contributed by atoms with Crippen LogP contribution >= 0.6 is 0 Å². The molecule has 0 saturated heterocycles. The summed E-state index contributed by atoms with van der Waals surface area (Å²) in [4.78, 5) is 13.9. The van der Waals surface area contributed by atoms with Crippen molar-refractivity contribution in [2.75, 3.05) is 17.2 Å². The lowest BCUT2D eigenvalue weighted by molar-refractivity contribution is -0.127. The quantitative estimate of drug-likeness (QED) is 0.168. The molecule has 41 heavy (non-hydrogen) atoms. The molecule has 0 aromatic heterocycles. The van der Waals surface area contributed by atoms with Crippen LogP contribution in [0.5, 0.6) is 5.75 Å². The molecule has 4 aromatic carbocycles. The van der Waals surface area contributed by atoms with Gasteiger partial charge in [-0.15, -0.1) is 0 Å². The predicted molar refractivity (Wildman–Crippen MR) is 169 cm³/mol. The van der Waals surface area contributed by atoms with Crippen molar-refractivity contribution in [1.82, 2.24) is 5.32 Å². The average Bonchev–Trinajstić information content (AvgIpc) is 3.04. The van der Waals surface area contributed by atoms with E-state index in [0.717, 1.165) is 60.4 Å². The highest BCUT2D eigenvalue weighted by molar-refractivity contribution is 5.90. The maximum Gasteiger partial charge on any atom is 0.245 e. The fourth-order valence-corrected chi connectivity index (χ4v) is 5.52. The van der Waals surface area contributed by atoms with Crippen LogP contribution in [0.4, 0.5) is 11.4 Å². The lowest BCUT2D eigenvalue weighted by Crippen LogP contribution is -2.56. The van der Waals surface area contributed by atoms with Crippen LogP contribution in [0.3, 0.4) is 0 Å². The summed E-state index contributed by atoms with van der Waals surface area (Å²) in [6.07, 6.45) is 5.78. The number of hydrogen-bond acceptors (Lipinski definition) is 4. The van der Waals surface area contributed by atoms with Crippen LogP contribution in [0.25, 0.3) is 11.1 Å². The maximum atomic E-state index is 13.9. The number of nitrogens with one attached hydrogen (secondary N) is 3. The number of anilines is 2. The Morgan fingerprint density at radius 1 is 0.780 bits per heavy atom. The first-order chi connectivity index (χ1) is 20.1. The van der Waals surface area contributed by atoms with E-state index in [-0.39, 0.29) is 11.9 Å². The molecule has 4 aromatic rings. The average molecular weight is 548 g/mol. The second-order valence-electron chi connectivity index (χ2n) is 11.0. The first-order valence-electron chi connectivity index (χ1n) is 14.9. The summed E-state index contributed by atoms with van der Waals surface area (Å²) >= 11 is 0. The molecule has 1 amide bonds. The number of amides is 1. The van der Waals surface area contributed by atoms with Gasteiger partial charge in [-0.3, -0.25) is 4.79 Å². The SMILES string of the molecule is CC[C@@H](CNc1ccc(OCc2ccccc2)cc1)NC(=O)C1(Nc2cccc(-c3ccccc3)c2)CCCCC1. The summed E-state index contributed by atoms with van der Waals surface area (Å²) < 4.78 is 5.91. The number of hydrogen-bond donors (Lipinski definition) is 3. The van der Waals surface area contributed by atoms with Crippen LogP contribution in [-0.2, 0) is 11.4 Å². The van der Waals surface area contributed by atoms with Gasteiger partial charge in [0.25, 0.3) is 0 Å². The van der Waals surface area contributed by atoms with Crippen molar-refractivity contribution in [1.29, 1.82) is 0 Å². The first-order valence-corrected chi connectivity index (χ1v) is 14.9. The molecule has 1 aliphatic rings. The highest BCUT2D eigenvalue weighted by Crippen LogP contribution is 2.33. The summed E-state index contributed by atoms with van der Waals surface area (Å²) in [5.41, 5.74) is 4.86. The third kappa shape index (κ3) is 7.69. The molecule has 1 saturated carbocycles. The molecule has 0 spiro atoms.